The number of aromatic nitrogens is 3. The highest BCUT2D eigenvalue weighted by atomic mass is 16.5. The minimum atomic E-state index is -0.536. The zero-order valence-electron chi connectivity index (χ0n) is 9.49. The van der Waals surface area contributed by atoms with Crippen molar-refractivity contribution in [2.45, 2.75) is 0 Å². The van der Waals surface area contributed by atoms with E-state index in [-0.39, 0.29) is 11.4 Å². The largest absolute Gasteiger partial charge is 0.465 e. The highest BCUT2D eigenvalue weighted by Gasteiger charge is 2.17. The molecule has 0 saturated heterocycles. The van der Waals surface area contributed by atoms with Crippen molar-refractivity contribution in [1.29, 1.82) is 5.26 Å². The van der Waals surface area contributed by atoms with Gasteiger partial charge in [-0.1, -0.05) is 6.07 Å². The first-order chi connectivity index (χ1) is 8.67. The number of hydrogen-bond donors (Lipinski definition) is 1. The molecule has 0 fully saturated rings. The van der Waals surface area contributed by atoms with Crippen molar-refractivity contribution in [2.24, 2.45) is 0 Å². The smallest absolute Gasteiger partial charge is 0.340 e. The highest BCUT2D eigenvalue weighted by molar-refractivity contribution is 5.95. The molecule has 1 aromatic carbocycles. The van der Waals surface area contributed by atoms with Crippen LogP contribution in [0.1, 0.15) is 16.2 Å². The van der Waals surface area contributed by atoms with Gasteiger partial charge in [-0.3, -0.25) is 0 Å². The molecule has 0 radical (unpaired) electrons. The third kappa shape index (κ3) is 1.87. The molecule has 1 aromatic heterocycles. The maximum absolute atomic E-state index is 11.6. The third-order valence-corrected chi connectivity index (χ3v) is 2.29. The predicted molar refractivity (Wildman–Crippen MR) is 61.8 cm³/mol. The van der Waals surface area contributed by atoms with Gasteiger partial charge in [0.25, 0.3) is 5.82 Å². The Morgan fingerprint density at radius 2 is 2.33 bits per heavy atom. The fourth-order valence-electron chi connectivity index (χ4n) is 1.51. The van der Waals surface area contributed by atoms with Gasteiger partial charge in [-0.15, -0.1) is 5.10 Å². The average molecular weight is 243 g/mol. The Kier molecular flexibility index (Phi) is 2.93. The van der Waals surface area contributed by atoms with Gasteiger partial charge in [-0.25, -0.2) is 14.5 Å². The number of hydrogen-bond acceptors (Lipinski definition) is 6. The number of methoxy groups -OCH3 is 1. The molecule has 0 amide bonds. The lowest BCUT2D eigenvalue weighted by Gasteiger charge is -2.09. The van der Waals surface area contributed by atoms with Crippen molar-refractivity contribution < 1.29 is 9.53 Å². The summed E-state index contributed by atoms with van der Waals surface area (Å²) in [6.45, 7) is 0. The first kappa shape index (κ1) is 11.6. The van der Waals surface area contributed by atoms with Crippen LogP contribution in [-0.4, -0.2) is 27.8 Å². The second-order valence-corrected chi connectivity index (χ2v) is 3.36. The molecule has 0 unspecified atom stereocenters. The Bertz CT molecular complexity index is 641. The number of para-hydroxylation sites is 1. The number of carbonyl (C=O) groups is 1. The van der Waals surface area contributed by atoms with Crippen LogP contribution in [0.15, 0.2) is 24.5 Å². The van der Waals surface area contributed by atoms with Gasteiger partial charge in [0.05, 0.1) is 18.4 Å². The lowest BCUT2D eigenvalue weighted by atomic mass is 10.1. The molecule has 0 saturated carbocycles. The second-order valence-electron chi connectivity index (χ2n) is 3.36. The Balaban J connectivity index is 2.62. The van der Waals surface area contributed by atoms with Crippen LogP contribution < -0.4 is 5.73 Å². The van der Waals surface area contributed by atoms with Gasteiger partial charge in [0.1, 0.15) is 18.1 Å². The van der Waals surface area contributed by atoms with Crippen LogP contribution in [0.3, 0.4) is 0 Å². The zero-order valence-corrected chi connectivity index (χ0v) is 9.49. The molecule has 0 aliphatic rings. The van der Waals surface area contributed by atoms with Gasteiger partial charge in [0, 0.05) is 0 Å². The van der Waals surface area contributed by atoms with E-state index in [1.807, 2.05) is 0 Å². The Morgan fingerprint density at radius 3 is 2.94 bits per heavy atom. The van der Waals surface area contributed by atoms with E-state index < -0.39 is 5.97 Å². The first-order valence-electron chi connectivity index (χ1n) is 4.96. The molecular weight excluding hydrogens is 234 g/mol. The highest BCUT2D eigenvalue weighted by Crippen LogP contribution is 2.21. The molecule has 0 aliphatic heterocycles. The fraction of sp³-hybridized carbons (Fsp3) is 0.0909. The molecular formula is C11H9N5O2. The average Bonchev–Trinajstić information content (AvgIpc) is 2.86. The molecule has 0 bridgehead atoms. The zero-order chi connectivity index (χ0) is 13.1. The first-order valence-corrected chi connectivity index (χ1v) is 4.96. The molecule has 18 heavy (non-hydrogen) atoms. The standard InChI is InChI=1S/C11H9N5O2/c1-18-11(17)7-3-2-4-8(13)10(7)16-6-14-9(5-12)15-16/h2-4,6H,13H2,1H3. The maximum Gasteiger partial charge on any atom is 0.340 e. The van der Waals surface area contributed by atoms with E-state index in [1.54, 1.807) is 24.3 Å². The van der Waals surface area contributed by atoms with Gasteiger partial charge in [-0.05, 0) is 12.1 Å². The monoisotopic (exact) mass is 243 g/mol. The summed E-state index contributed by atoms with van der Waals surface area (Å²) in [6.07, 6.45) is 1.32. The van der Waals surface area contributed by atoms with Crippen molar-refractivity contribution >= 4 is 11.7 Å². The fourth-order valence-corrected chi connectivity index (χ4v) is 1.51. The maximum atomic E-state index is 11.6. The van der Waals surface area contributed by atoms with Crippen molar-refractivity contribution in [1.82, 2.24) is 14.8 Å². The van der Waals surface area contributed by atoms with E-state index in [0.29, 0.717) is 11.4 Å². The predicted octanol–water partition coefficient (Wildman–Crippen LogP) is 0.508. The Labute approximate surface area is 102 Å². The van der Waals surface area contributed by atoms with Crippen molar-refractivity contribution in [3.8, 4) is 11.8 Å². The summed E-state index contributed by atoms with van der Waals surface area (Å²) in [5.41, 5.74) is 6.76. The molecule has 7 nitrogen and oxygen atoms in total. The van der Waals surface area contributed by atoms with Gasteiger partial charge < -0.3 is 10.5 Å². The summed E-state index contributed by atoms with van der Waals surface area (Å²) < 4.78 is 5.94. The summed E-state index contributed by atoms with van der Waals surface area (Å²) in [4.78, 5) is 15.4. The van der Waals surface area contributed by atoms with Gasteiger partial charge in [-0.2, -0.15) is 5.26 Å². The second kappa shape index (κ2) is 4.55. The lowest BCUT2D eigenvalue weighted by molar-refractivity contribution is 0.0600. The minimum absolute atomic E-state index is 0.00549. The van der Waals surface area contributed by atoms with Crippen LogP contribution in [-0.2, 0) is 4.74 Å². The van der Waals surface area contributed by atoms with Crippen molar-refractivity contribution in [3.63, 3.8) is 0 Å². The third-order valence-electron chi connectivity index (χ3n) is 2.29. The molecule has 1 heterocycles. The van der Waals surface area contributed by atoms with Crippen molar-refractivity contribution in [2.75, 3.05) is 12.8 Å². The number of nitriles is 1. The quantitative estimate of drug-likeness (QED) is 0.608. The van der Waals surface area contributed by atoms with Crippen LogP contribution in [0.5, 0.6) is 0 Å². The van der Waals surface area contributed by atoms with Crippen molar-refractivity contribution in [3.05, 3.63) is 35.9 Å². The van der Waals surface area contributed by atoms with Gasteiger partial charge in [0.2, 0.25) is 0 Å². The molecule has 2 aromatic rings. The number of anilines is 1. The summed E-state index contributed by atoms with van der Waals surface area (Å²) in [5, 5.41) is 12.6. The molecule has 0 spiro atoms. The molecule has 0 atom stereocenters. The summed E-state index contributed by atoms with van der Waals surface area (Å²) in [6, 6.07) is 6.61. The molecule has 2 rings (SSSR count). The van der Waals surface area contributed by atoms with E-state index >= 15 is 0 Å². The van der Waals surface area contributed by atoms with Gasteiger partial charge >= 0.3 is 5.97 Å². The molecule has 90 valence electrons. The van der Waals surface area contributed by atoms with E-state index in [4.69, 9.17) is 11.0 Å². The summed E-state index contributed by atoms with van der Waals surface area (Å²) >= 11 is 0. The summed E-state index contributed by atoms with van der Waals surface area (Å²) in [5.74, 6) is -0.541. The lowest BCUT2D eigenvalue weighted by Crippen LogP contribution is -2.10. The van der Waals surface area contributed by atoms with Crippen LogP contribution in [0.4, 0.5) is 5.69 Å². The van der Waals surface area contributed by atoms with Crippen LogP contribution in [0.25, 0.3) is 5.69 Å². The number of benzene rings is 1. The molecule has 2 N–H and O–H groups in total. The van der Waals surface area contributed by atoms with Crippen LogP contribution >= 0.6 is 0 Å². The Morgan fingerprint density at radius 1 is 1.56 bits per heavy atom. The van der Waals surface area contributed by atoms with Gasteiger partial charge in [0.15, 0.2) is 0 Å². The van der Waals surface area contributed by atoms with E-state index in [0.717, 1.165) is 0 Å². The topological polar surface area (TPSA) is 107 Å². The number of ether oxygens (including phenoxy) is 1. The van der Waals surface area contributed by atoms with E-state index in [2.05, 4.69) is 14.8 Å². The number of nitrogen functional groups attached to an aromatic ring is 1. The van der Waals surface area contributed by atoms with Crippen LogP contribution in [0, 0.1) is 11.3 Å². The number of esters is 1. The molecule has 0 aliphatic carbocycles. The number of carbonyl (C=O) groups excluding carboxylic acids is 1. The van der Waals surface area contributed by atoms with E-state index in [1.165, 1.54) is 18.1 Å². The Hall–Kier alpha value is -2.88. The number of nitrogens with zero attached hydrogens (tertiary/aromatic N) is 4. The number of nitrogens with two attached hydrogens (primary N) is 1. The molecule has 7 heteroatoms. The normalized spacial score (nSPS) is 9.78. The number of rotatable bonds is 2. The summed E-state index contributed by atoms with van der Waals surface area (Å²) in [7, 11) is 1.28. The van der Waals surface area contributed by atoms with Crippen LogP contribution in [0.2, 0.25) is 0 Å². The SMILES string of the molecule is COC(=O)c1cccc(N)c1-n1cnc(C#N)n1. The minimum Gasteiger partial charge on any atom is -0.465 e. The van der Waals surface area contributed by atoms with E-state index in [9.17, 15) is 4.79 Å².